The largest absolute Gasteiger partial charge is 0.322 e. The minimum Gasteiger partial charge on any atom is -0.322 e. The highest BCUT2D eigenvalue weighted by Crippen LogP contribution is 2.27. The summed E-state index contributed by atoms with van der Waals surface area (Å²) in [5.74, 6) is 0.837. The molecule has 1 aromatic heterocycles. The maximum atomic E-state index is 6.27. The van der Waals surface area contributed by atoms with Crippen LogP contribution in [0.2, 0.25) is 10.0 Å². The molecule has 108 valence electrons. The zero-order chi connectivity index (χ0) is 15.0. The number of aromatic nitrogens is 2. The number of hydrogen-bond acceptors (Lipinski definition) is 1. The molecular formula is C16H13Cl3N2. The van der Waals surface area contributed by atoms with Crippen molar-refractivity contribution in [2.24, 2.45) is 0 Å². The van der Waals surface area contributed by atoms with Crippen molar-refractivity contribution in [3.05, 3.63) is 63.9 Å². The van der Waals surface area contributed by atoms with Crippen molar-refractivity contribution in [3.63, 3.8) is 0 Å². The molecule has 21 heavy (non-hydrogen) atoms. The number of benzene rings is 2. The van der Waals surface area contributed by atoms with Gasteiger partial charge < -0.3 is 4.57 Å². The van der Waals surface area contributed by atoms with Crippen molar-refractivity contribution >= 4 is 45.8 Å². The minimum absolute atomic E-state index is 0.177. The van der Waals surface area contributed by atoms with Crippen LogP contribution in [-0.2, 0) is 6.54 Å². The maximum absolute atomic E-state index is 6.27. The van der Waals surface area contributed by atoms with Crippen LogP contribution >= 0.6 is 34.8 Å². The molecule has 0 bridgehead atoms. The van der Waals surface area contributed by atoms with E-state index >= 15 is 0 Å². The molecule has 1 atom stereocenters. The molecule has 0 radical (unpaired) electrons. The Morgan fingerprint density at radius 3 is 2.38 bits per heavy atom. The molecule has 3 rings (SSSR count). The van der Waals surface area contributed by atoms with Crippen molar-refractivity contribution in [2.75, 3.05) is 0 Å². The Hall–Kier alpha value is -1.22. The van der Waals surface area contributed by atoms with Gasteiger partial charge in [-0.1, -0.05) is 35.3 Å². The summed E-state index contributed by atoms with van der Waals surface area (Å²) >= 11 is 18.3. The van der Waals surface area contributed by atoms with Crippen molar-refractivity contribution in [1.29, 1.82) is 0 Å². The maximum Gasteiger partial charge on any atom is 0.128 e. The number of fused-ring (bicyclic) bond motifs is 1. The summed E-state index contributed by atoms with van der Waals surface area (Å²) < 4.78 is 2.10. The average Bonchev–Trinajstić information content (AvgIpc) is 2.80. The second-order valence-corrected chi connectivity index (χ2v) is 6.46. The van der Waals surface area contributed by atoms with Crippen molar-refractivity contribution < 1.29 is 0 Å². The number of alkyl halides is 1. The lowest BCUT2D eigenvalue weighted by Crippen LogP contribution is -2.05. The van der Waals surface area contributed by atoms with E-state index in [1.165, 1.54) is 0 Å². The third-order valence-electron chi connectivity index (χ3n) is 3.35. The Morgan fingerprint density at radius 1 is 1.05 bits per heavy atom. The predicted octanol–water partition coefficient (Wildman–Crippen LogP) is 5.69. The van der Waals surface area contributed by atoms with Crippen molar-refractivity contribution in [3.8, 4) is 0 Å². The first-order valence-electron chi connectivity index (χ1n) is 6.59. The molecule has 2 aromatic carbocycles. The van der Waals surface area contributed by atoms with Gasteiger partial charge in [-0.15, -0.1) is 11.6 Å². The third kappa shape index (κ3) is 3.03. The standard InChI is InChI=1S/C16H13Cl3N2/c1-10(17)16-20-14-7-6-13(19)8-15(14)21(16)9-11-2-4-12(18)5-3-11/h2-8,10H,9H2,1H3. The van der Waals surface area contributed by atoms with E-state index in [9.17, 15) is 0 Å². The molecule has 1 heterocycles. The van der Waals surface area contributed by atoms with Crippen molar-refractivity contribution in [1.82, 2.24) is 9.55 Å². The van der Waals surface area contributed by atoms with Gasteiger partial charge in [-0.2, -0.15) is 0 Å². The van der Waals surface area contributed by atoms with Gasteiger partial charge in [0, 0.05) is 16.6 Å². The number of hydrogen-bond donors (Lipinski definition) is 0. The smallest absolute Gasteiger partial charge is 0.128 e. The predicted molar refractivity (Wildman–Crippen MR) is 89.6 cm³/mol. The van der Waals surface area contributed by atoms with E-state index in [-0.39, 0.29) is 5.38 Å². The van der Waals surface area contributed by atoms with Gasteiger partial charge in [-0.25, -0.2) is 4.98 Å². The van der Waals surface area contributed by atoms with Crippen LogP contribution < -0.4 is 0 Å². The minimum atomic E-state index is -0.177. The molecule has 0 amide bonds. The zero-order valence-corrected chi connectivity index (χ0v) is 13.6. The van der Waals surface area contributed by atoms with Crippen LogP contribution in [0.15, 0.2) is 42.5 Å². The summed E-state index contributed by atoms with van der Waals surface area (Å²) in [4.78, 5) is 4.61. The van der Waals surface area contributed by atoms with E-state index in [1.807, 2.05) is 49.4 Å². The Labute approximate surface area is 138 Å². The monoisotopic (exact) mass is 338 g/mol. The van der Waals surface area contributed by atoms with E-state index in [0.29, 0.717) is 11.6 Å². The van der Waals surface area contributed by atoms with Gasteiger partial charge in [0.2, 0.25) is 0 Å². The molecule has 0 fully saturated rings. The fourth-order valence-corrected chi connectivity index (χ4v) is 2.82. The van der Waals surface area contributed by atoms with Crippen LogP contribution in [0.3, 0.4) is 0 Å². The molecule has 2 nitrogen and oxygen atoms in total. The van der Waals surface area contributed by atoms with E-state index in [2.05, 4.69) is 9.55 Å². The van der Waals surface area contributed by atoms with Gasteiger partial charge in [-0.05, 0) is 42.8 Å². The Morgan fingerprint density at radius 2 is 1.71 bits per heavy atom. The normalized spacial score (nSPS) is 12.8. The summed E-state index contributed by atoms with van der Waals surface area (Å²) in [6.45, 7) is 2.60. The lowest BCUT2D eigenvalue weighted by Gasteiger charge is -2.11. The Balaban J connectivity index is 2.12. The number of nitrogens with zero attached hydrogens (tertiary/aromatic N) is 2. The average molecular weight is 340 g/mol. The van der Waals surface area contributed by atoms with Gasteiger partial charge in [0.15, 0.2) is 0 Å². The van der Waals surface area contributed by atoms with Crippen LogP contribution in [0, 0.1) is 0 Å². The molecule has 0 saturated heterocycles. The summed E-state index contributed by atoms with van der Waals surface area (Å²) in [5.41, 5.74) is 3.02. The highest BCUT2D eigenvalue weighted by Gasteiger charge is 2.15. The molecule has 5 heteroatoms. The first-order valence-corrected chi connectivity index (χ1v) is 7.78. The van der Waals surface area contributed by atoms with Gasteiger partial charge in [-0.3, -0.25) is 0 Å². The lowest BCUT2D eigenvalue weighted by atomic mass is 10.2. The second kappa shape index (κ2) is 5.88. The van der Waals surface area contributed by atoms with E-state index in [0.717, 1.165) is 27.4 Å². The molecule has 0 N–H and O–H groups in total. The second-order valence-electron chi connectivity index (χ2n) is 4.93. The Kier molecular flexibility index (Phi) is 4.12. The van der Waals surface area contributed by atoms with Gasteiger partial charge in [0.05, 0.1) is 16.4 Å². The number of imidazole rings is 1. The van der Waals surface area contributed by atoms with E-state index in [1.54, 1.807) is 0 Å². The number of halogens is 3. The Bertz CT molecular complexity index is 776. The van der Waals surface area contributed by atoms with Crippen LogP contribution in [0.1, 0.15) is 23.7 Å². The highest BCUT2D eigenvalue weighted by atomic mass is 35.5. The van der Waals surface area contributed by atoms with Crippen LogP contribution in [0.4, 0.5) is 0 Å². The van der Waals surface area contributed by atoms with E-state index < -0.39 is 0 Å². The molecule has 0 aliphatic heterocycles. The van der Waals surface area contributed by atoms with E-state index in [4.69, 9.17) is 34.8 Å². The first-order chi connectivity index (χ1) is 10.0. The van der Waals surface area contributed by atoms with Crippen LogP contribution in [0.25, 0.3) is 11.0 Å². The molecule has 0 aliphatic carbocycles. The van der Waals surface area contributed by atoms with Crippen LogP contribution in [0.5, 0.6) is 0 Å². The third-order valence-corrected chi connectivity index (χ3v) is 4.03. The van der Waals surface area contributed by atoms with Gasteiger partial charge in [0.1, 0.15) is 5.82 Å². The van der Waals surface area contributed by atoms with Gasteiger partial charge >= 0.3 is 0 Å². The van der Waals surface area contributed by atoms with Crippen molar-refractivity contribution in [2.45, 2.75) is 18.8 Å². The molecule has 0 aliphatic rings. The SMILES string of the molecule is CC(Cl)c1nc2ccc(Cl)cc2n1Cc1ccc(Cl)cc1. The highest BCUT2D eigenvalue weighted by molar-refractivity contribution is 6.31. The first kappa shape index (κ1) is 14.7. The number of rotatable bonds is 3. The summed E-state index contributed by atoms with van der Waals surface area (Å²) in [5, 5.41) is 1.24. The zero-order valence-electron chi connectivity index (χ0n) is 11.4. The summed E-state index contributed by atoms with van der Waals surface area (Å²) in [7, 11) is 0. The van der Waals surface area contributed by atoms with Crippen LogP contribution in [-0.4, -0.2) is 9.55 Å². The summed E-state index contributed by atoms with van der Waals surface area (Å²) in [6, 6.07) is 13.4. The summed E-state index contributed by atoms with van der Waals surface area (Å²) in [6.07, 6.45) is 0. The fraction of sp³-hybridized carbons (Fsp3) is 0.188. The molecule has 0 spiro atoms. The topological polar surface area (TPSA) is 17.8 Å². The molecular weight excluding hydrogens is 327 g/mol. The molecule has 1 unspecified atom stereocenters. The fourth-order valence-electron chi connectivity index (χ4n) is 2.36. The molecule has 3 aromatic rings. The van der Waals surface area contributed by atoms with Gasteiger partial charge in [0.25, 0.3) is 0 Å². The molecule has 0 saturated carbocycles. The quantitative estimate of drug-likeness (QED) is 0.560. The lowest BCUT2D eigenvalue weighted by molar-refractivity contribution is 0.742.